The number of imidazole rings is 1. The molecule has 0 bridgehead atoms. The van der Waals surface area contributed by atoms with Crippen LogP contribution in [0.5, 0.6) is 0 Å². The molecule has 0 saturated heterocycles. The standard InChI is InChI=1S/C32H45N2/c1-19(2)28-17-26(30-24(8)22(6)23(7)25(30)9)18-29(20(3)4)31(28)34-16-15-33(10)32(34)27-14-12-11-13-21(27)5/h11-20,22-25,30H,1-10H3/q+1. The summed E-state index contributed by atoms with van der Waals surface area (Å²) >= 11 is 0. The fourth-order valence-corrected chi connectivity index (χ4v) is 6.55. The Labute approximate surface area is 208 Å². The molecule has 4 rings (SSSR count). The van der Waals surface area contributed by atoms with Gasteiger partial charge < -0.3 is 0 Å². The second-order valence-electron chi connectivity index (χ2n) is 11.7. The van der Waals surface area contributed by atoms with Gasteiger partial charge in [-0.1, -0.05) is 85.7 Å². The van der Waals surface area contributed by atoms with Crippen molar-refractivity contribution in [3.05, 3.63) is 71.0 Å². The van der Waals surface area contributed by atoms with Gasteiger partial charge in [-0.15, -0.1) is 0 Å². The van der Waals surface area contributed by atoms with Crippen molar-refractivity contribution in [3.8, 4) is 17.1 Å². The van der Waals surface area contributed by atoms with Gasteiger partial charge >= 0.3 is 0 Å². The monoisotopic (exact) mass is 457 g/mol. The molecule has 2 heteroatoms. The predicted octanol–water partition coefficient (Wildman–Crippen LogP) is 8.17. The third-order valence-corrected chi connectivity index (χ3v) is 9.07. The molecule has 2 aromatic carbocycles. The van der Waals surface area contributed by atoms with Crippen LogP contribution in [-0.4, -0.2) is 4.57 Å². The van der Waals surface area contributed by atoms with Crippen molar-refractivity contribution in [1.82, 2.24) is 4.57 Å². The molecule has 1 aromatic heterocycles. The van der Waals surface area contributed by atoms with E-state index in [1.807, 2.05) is 0 Å². The van der Waals surface area contributed by atoms with E-state index >= 15 is 0 Å². The summed E-state index contributed by atoms with van der Waals surface area (Å²) in [5.74, 6) is 5.73. The first kappa shape index (κ1) is 24.8. The van der Waals surface area contributed by atoms with Crippen LogP contribution >= 0.6 is 0 Å². The lowest BCUT2D eigenvalue weighted by molar-refractivity contribution is -0.659. The molecule has 3 aromatic rings. The molecule has 0 radical (unpaired) electrons. The second-order valence-corrected chi connectivity index (χ2v) is 11.7. The summed E-state index contributed by atoms with van der Waals surface area (Å²) in [6.45, 7) is 21.5. The normalized spacial score (nSPS) is 25.0. The van der Waals surface area contributed by atoms with Gasteiger partial charge in [-0.3, -0.25) is 0 Å². The summed E-state index contributed by atoms with van der Waals surface area (Å²) < 4.78 is 4.73. The molecule has 0 spiro atoms. The van der Waals surface area contributed by atoms with Crippen molar-refractivity contribution in [2.24, 2.45) is 30.7 Å². The molecular formula is C32H45N2+. The molecule has 0 amide bonds. The van der Waals surface area contributed by atoms with Crippen LogP contribution in [0.2, 0.25) is 0 Å². The molecule has 4 unspecified atom stereocenters. The highest BCUT2D eigenvalue weighted by atomic mass is 15.1. The van der Waals surface area contributed by atoms with Crippen molar-refractivity contribution in [3.63, 3.8) is 0 Å². The van der Waals surface area contributed by atoms with E-state index in [0.717, 1.165) is 11.8 Å². The molecule has 1 saturated carbocycles. The molecule has 0 aliphatic heterocycles. The predicted molar refractivity (Wildman–Crippen MR) is 145 cm³/mol. The van der Waals surface area contributed by atoms with Gasteiger partial charge in [0.25, 0.3) is 5.82 Å². The average Bonchev–Trinajstić information content (AvgIpc) is 3.26. The van der Waals surface area contributed by atoms with Gasteiger partial charge in [0.1, 0.15) is 18.1 Å². The summed E-state index contributed by atoms with van der Waals surface area (Å²) in [6.07, 6.45) is 4.47. The van der Waals surface area contributed by atoms with E-state index in [4.69, 9.17) is 0 Å². The van der Waals surface area contributed by atoms with E-state index in [1.54, 1.807) is 5.56 Å². The lowest BCUT2D eigenvalue weighted by Gasteiger charge is -2.26. The summed E-state index contributed by atoms with van der Waals surface area (Å²) in [7, 11) is 2.17. The Hall–Kier alpha value is -2.35. The Bertz CT molecular complexity index is 1120. The molecule has 1 fully saturated rings. The van der Waals surface area contributed by atoms with Crippen molar-refractivity contribution in [2.45, 2.75) is 80.1 Å². The van der Waals surface area contributed by atoms with Gasteiger partial charge in [0, 0.05) is 11.1 Å². The third-order valence-electron chi connectivity index (χ3n) is 9.07. The molecule has 0 N–H and O–H groups in total. The highest BCUT2D eigenvalue weighted by molar-refractivity contribution is 5.64. The second kappa shape index (κ2) is 9.36. The van der Waals surface area contributed by atoms with Crippen LogP contribution in [0.25, 0.3) is 17.1 Å². The Morgan fingerprint density at radius 2 is 1.32 bits per heavy atom. The third kappa shape index (κ3) is 4.04. The topological polar surface area (TPSA) is 8.81 Å². The Balaban J connectivity index is 1.99. The molecule has 2 nitrogen and oxygen atoms in total. The summed E-state index contributed by atoms with van der Waals surface area (Å²) in [5.41, 5.74) is 8.48. The van der Waals surface area contributed by atoms with Crippen molar-refractivity contribution < 1.29 is 4.57 Å². The fourth-order valence-electron chi connectivity index (χ4n) is 6.55. The quantitative estimate of drug-likeness (QED) is 0.342. The first-order valence-corrected chi connectivity index (χ1v) is 13.4. The molecule has 182 valence electrons. The number of hydrogen-bond acceptors (Lipinski definition) is 0. The lowest BCUT2D eigenvalue weighted by Crippen LogP contribution is -2.29. The molecule has 1 aliphatic rings. The minimum atomic E-state index is 0.451. The SMILES string of the molecule is Cc1ccccc1-c1n(-c2c(C(C)C)cc(C3C(C)C(C)C(C)C3C)cc2C(C)C)cc[n+]1C. The van der Waals surface area contributed by atoms with Gasteiger partial charge in [0.2, 0.25) is 0 Å². The van der Waals surface area contributed by atoms with Crippen LogP contribution in [0.4, 0.5) is 0 Å². The highest BCUT2D eigenvalue weighted by Gasteiger charge is 2.42. The van der Waals surface area contributed by atoms with E-state index in [0.29, 0.717) is 29.6 Å². The van der Waals surface area contributed by atoms with Crippen molar-refractivity contribution in [2.75, 3.05) is 0 Å². The largest absolute Gasteiger partial charge is 0.294 e. The van der Waals surface area contributed by atoms with Gasteiger partial charge in [0.15, 0.2) is 0 Å². The van der Waals surface area contributed by atoms with E-state index in [2.05, 4.69) is 127 Å². The molecule has 34 heavy (non-hydrogen) atoms. The van der Waals surface area contributed by atoms with E-state index in [-0.39, 0.29) is 0 Å². The van der Waals surface area contributed by atoms with Crippen LogP contribution in [0.1, 0.15) is 95.4 Å². The van der Waals surface area contributed by atoms with Crippen LogP contribution < -0.4 is 4.57 Å². The maximum absolute atomic E-state index is 2.57. The highest BCUT2D eigenvalue weighted by Crippen LogP contribution is 2.52. The minimum absolute atomic E-state index is 0.451. The van der Waals surface area contributed by atoms with Crippen LogP contribution in [0, 0.1) is 30.6 Å². The molecule has 1 aliphatic carbocycles. The van der Waals surface area contributed by atoms with E-state index in [9.17, 15) is 0 Å². The van der Waals surface area contributed by atoms with Gasteiger partial charge in [-0.25, -0.2) is 4.57 Å². The Kier molecular flexibility index (Phi) is 6.82. The number of aromatic nitrogens is 2. The first-order valence-electron chi connectivity index (χ1n) is 13.4. The van der Waals surface area contributed by atoms with Crippen LogP contribution in [0.3, 0.4) is 0 Å². The smallest absolute Gasteiger partial charge is 0.232 e. The Morgan fingerprint density at radius 3 is 1.82 bits per heavy atom. The zero-order valence-corrected chi connectivity index (χ0v) is 23.1. The summed E-state index contributed by atoms with van der Waals surface area (Å²) in [6, 6.07) is 13.9. The Morgan fingerprint density at radius 1 is 0.794 bits per heavy atom. The maximum atomic E-state index is 2.57. The number of hydrogen-bond donors (Lipinski definition) is 0. The van der Waals surface area contributed by atoms with Gasteiger partial charge in [-0.2, -0.15) is 4.57 Å². The maximum Gasteiger partial charge on any atom is 0.294 e. The van der Waals surface area contributed by atoms with Gasteiger partial charge in [0.05, 0.1) is 12.6 Å². The zero-order valence-electron chi connectivity index (χ0n) is 23.1. The van der Waals surface area contributed by atoms with Crippen molar-refractivity contribution >= 4 is 0 Å². The average molecular weight is 458 g/mol. The summed E-state index contributed by atoms with van der Waals surface area (Å²) in [4.78, 5) is 0. The molecule has 1 heterocycles. The molecule has 4 atom stereocenters. The van der Waals surface area contributed by atoms with E-state index in [1.165, 1.54) is 33.8 Å². The van der Waals surface area contributed by atoms with E-state index < -0.39 is 0 Å². The van der Waals surface area contributed by atoms with Gasteiger partial charge in [-0.05, 0) is 65.5 Å². The number of aryl methyl sites for hydroxylation is 2. The van der Waals surface area contributed by atoms with Crippen molar-refractivity contribution in [1.29, 1.82) is 0 Å². The number of nitrogens with zero attached hydrogens (tertiary/aromatic N) is 2. The summed E-state index contributed by atoms with van der Waals surface area (Å²) in [5, 5.41) is 0. The minimum Gasteiger partial charge on any atom is -0.232 e. The fraction of sp³-hybridized carbons (Fsp3) is 0.531. The first-order chi connectivity index (χ1) is 16.0. The lowest BCUT2D eigenvalue weighted by atomic mass is 9.79. The van der Waals surface area contributed by atoms with Crippen LogP contribution in [0.15, 0.2) is 48.8 Å². The number of rotatable bonds is 5. The zero-order chi connectivity index (χ0) is 24.9. The number of benzene rings is 2. The van der Waals surface area contributed by atoms with Crippen LogP contribution in [-0.2, 0) is 7.05 Å². The molecular weight excluding hydrogens is 412 g/mol.